The highest BCUT2D eigenvalue weighted by molar-refractivity contribution is 7.09. The van der Waals surface area contributed by atoms with Gasteiger partial charge in [0.15, 0.2) is 0 Å². The molecule has 0 bridgehead atoms. The number of Topliss-reactive ketones (excluding diaryl/α,β-unsaturated/α-hetero) is 1. The number of carbonyl (C=O) groups excluding carboxylic acids is 2. The summed E-state index contributed by atoms with van der Waals surface area (Å²) in [6.07, 6.45) is 9.30. The molecule has 0 fully saturated rings. The van der Waals surface area contributed by atoms with Crippen LogP contribution in [0.3, 0.4) is 0 Å². The van der Waals surface area contributed by atoms with E-state index >= 15 is 0 Å². The Balaban J connectivity index is 2.09. The maximum Gasteiger partial charge on any atom is 0.309 e. The van der Waals surface area contributed by atoms with Crippen molar-refractivity contribution in [2.45, 2.75) is 65.1 Å². The first-order chi connectivity index (χ1) is 12.9. The molecule has 148 valence electrons. The third kappa shape index (κ3) is 7.03. The van der Waals surface area contributed by atoms with Crippen molar-refractivity contribution < 1.29 is 19.4 Å². The lowest BCUT2D eigenvalue weighted by Gasteiger charge is -2.22. The van der Waals surface area contributed by atoms with E-state index in [2.05, 4.69) is 11.1 Å². The van der Waals surface area contributed by atoms with Crippen molar-refractivity contribution >= 4 is 29.2 Å². The number of aromatic nitrogens is 1. The number of thiazole rings is 1. The molecule has 0 amide bonds. The van der Waals surface area contributed by atoms with E-state index in [-0.39, 0.29) is 18.1 Å². The number of cyclic esters (lactones) is 1. The Morgan fingerprint density at radius 1 is 1.30 bits per heavy atom. The summed E-state index contributed by atoms with van der Waals surface area (Å²) in [5.41, 5.74) is 0.838. The molecule has 2 unspecified atom stereocenters. The molecule has 1 aromatic rings. The van der Waals surface area contributed by atoms with Gasteiger partial charge in [0.25, 0.3) is 0 Å². The van der Waals surface area contributed by atoms with Gasteiger partial charge in [-0.15, -0.1) is 11.3 Å². The fourth-order valence-electron chi connectivity index (χ4n) is 3.06. The van der Waals surface area contributed by atoms with Gasteiger partial charge in [0.05, 0.1) is 23.2 Å². The minimum atomic E-state index is -1.02. The van der Waals surface area contributed by atoms with Crippen molar-refractivity contribution in [3.63, 3.8) is 0 Å². The Bertz CT molecular complexity index is 694. The molecule has 5 nitrogen and oxygen atoms in total. The van der Waals surface area contributed by atoms with Gasteiger partial charge in [-0.05, 0) is 38.3 Å². The van der Waals surface area contributed by atoms with Gasteiger partial charge >= 0.3 is 5.97 Å². The number of aryl methyl sites for hydroxylation is 1. The van der Waals surface area contributed by atoms with Gasteiger partial charge in [0.2, 0.25) is 0 Å². The highest BCUT2D eigenvalue weighted by Gasteiger charge is 2.28. The Kier molecular flexibility index (Phi) is 8.38. The number of aliphatic hydroxyl groups excluding tert-OH is 1. The van der Waals surface area contributed by atoms with Crippen LogP contribution in [-0.4, -0.2) is 34.1 Å². The Morgan fingerprint density at radius 2 is 2.07 bits per heavy atom. The zero-order valence-corrected chi connectivity index (χ0v) is 17.1. The molecule has 0 aliphatic carbocycles. The Hall–Kier alpha value is -1.79. The van der Waals surface area contributed by atoms with Crippen LogP contribution in [0.4, 0.5) is 0 Å². The number of ether oxygens (including phenoxy) is 1. The van der Waals surface area contributed by atoms with E-state index in [9.17, 15) is 14.7 Å². The average molecular weight is 392 g/mol. The predicted octanol–water partition coefficient (Wildman–Crippen LogP) is 4.10. The number of nitrogens with zero attached hydrogens (tertiary/aromatic N) is 1. The van der Waals surface area contributed by atoms with Crippen LogP contribution in [0.15, 0.2) is 23.6 Å². The molecule has 2 heterocycles. The minimum absolute atomic E-state index is 0.00619. The molecule has 1 aliphatic rings. The van der Waals surface area contributed by atoms with Gasteiger partial charge in [-0.1, -0.05) is 26.0 Å². The number of carbonyl (C=O) groups is 2. The van der Waals surface area contributed by atoms with Crippen molar-refractivity contribution in [1.82, 2.24) is 4.98 Å². The highest BCUT2D eigenvalue weighted by Crippen LogP contribution is 2.20. The number of aliphatic hydroxyl groups is 1. The van der Waals surface area contributed by atoms with Crippen molar-refractivity contribution in [2.24, 2.45) is 11.8 Å². The second-order valence-electron chi connectivity index (χ2n) is 7.18. The van der Waals surface area contributed by atoms with Crippen molar-refractivity contribution in [3.05, 3.63) is 34.3 Å². The lowest BCUT2D eigenvalue weighted by Crippen LogP contribution is -2.32. The van der Waals surface area contributed by atoms with Gasteiger partial charge < -0.3 is 9.84 Å². The molecule has 2 rings (SSSR count). The summed E-state index contributed by atoms with van der Waals surface area (Å²) >= 11 is 1.57. The third-order valence-electron chi connectivity index (χ3n) is 4.83. The monoisotopic (exact) mass is 391 g/mol. The quantitative estimate of drug-likeness (QED) is 0.607. The third-order valence-corrected chi connectivity index (χ3v) is 5.62. The van der Waals surface area contributed by atoms with Crippen molar-refractivity contribution in [1.29, 1.82) is 0 Å². The standard InChI is InChI=1S/C21H29NO4S/c1-14-8-6-4-5-7-9-18(11-10-17-13-27-16(3)22-17)26-20(24)12-19(23)15(2)21(14)25/h5,7,10-11,13-15,18-19,23H,4,6,8-9,12H2,1-3H3/b7-5?,11-10+/t14?,15?,18-,19-/m0/s1. The van der Waals surface area contributed by atoms with E-state index in [1.807, 2.05) is 37.5 Å². The van der Waals surface area contributed by atoms with Crippen molar-refractivity contribution in [3.8, 4) is 0 Å². The van der Waals surface area contributed by atoms with Gasteiger partial charge in [-0.25, -0.2) is 4.98 Å². The first kappa shape index (κ1) is 21.5. The van der Waals surface area contributed by atoms with E-state index in [1.54, 1.807) is 18.3 Å². The number of rotatable bonds is 2. The number of hydrogen-bond donors (Lipinski definition) is 1. The lowest BCUT2D eigenvalue weighted by atomic mass is 9.87. The normalized spacial score (nSPS) is 28.9. The molecule has 0 aromatic carbocycles. The van der Waals surface area contributed by atoms with Gasteiger partial charge in [0, 0.05) is 23.6 Å². The summed E-state index contributed by atoms with van der Waals surface area (Å²) in [6, 6.07) is 0. The number of ketones is 1. The largest absolute Gasteiger partial charge is 0.458 e. The smallest absolute Gasteiger partial charge is 0.309 e. The van der Waals surface area contributed by atoms with Crippen LogP contribution in [0.1, 0.15) is 56.7 Å². The fraction of sp³-hybridized carbons (Fsp3) is 0.571. The molecule has 0 radical (unpaired) electrons. The van der Waals surface area contributed by atoms with E-state index in [4.69, 9.17) is 4.74 Å². The maximum absolute atomic E-state index is 12.4. The first-order valence-electron chi connectivity index (χ1n) is 9.53. The lowest BCUT2D eigenvalue weighted by molar-refractivity contribution is -0.150. The van der Waals surface area contributed by atoms with Gasteiger partial charge in [0.1, 0.15) is 11.9 Å². The summed E-state index contributed by atoms with van der Waals surface area (Å²) in [5, 5.41) is 13.2. The summed E-state index contributed by atoms with van der Waals surface area (Å²) in [5.74, 6) is -1.17. The summed E-state index contributed by atoms with van der Waals surface area (Å²) in [6.45, 7) is 5.52. The Morgan fingerprint density at radius 3 is 2.78 bits per heavy atom. The zero-order chi connectivity index (χ0) is 19.8. The minimum Gasteiger partial charge on any atom is -0.458 e. The summed E-state index contributed by atoms with van der Waals surface area (Å²) in [7, 11) is 0. The van der Waals surface area contributed by atoms with Crippen LogP contribution in [-0.2, 0) is 14.3 Å². The average Bonchev–Trinajstić information content (AvgIpc) is 3.05. The fourth-order valence-corrected chi connectivity index (χ4v) is 3.64. The second-order valence-corrected chi connectivity index (χ2v) is 8.24. The molecule has 1 N–H and O–H groups in total. The molecule has 27 heavy (non-hydrogen) atoms. The van der Waals surface area contributed by atoms with E-state index in [0.29, 0.717) is 6.42 Å². The van der Waals surface area contributed by atoms with Crippen LogP contribution in [0, 0.1) is 18.8 Å². The zero-order valence-electron chi connectivity index (χ0n) is 16.3. The van der Waals surface area contributed by atoms with Crippen LogP contribution in [0.25, 0.3) is 6.08 Å². The molecule has 6 heteroatoms. The molecular formula is C21H29NO4S. The molecule has 1 aliphatic heterocycles. The van der Waals surface area contributed by atoms with Crippen LogP contribution in [0.2, 0.25) is 0 Å². The SMILES string of the molecule is Cc1nc(/C=C/[C@@H]2CC=CCCCC(C)C(=O)C(C)[C@@H](O)CC(=O)O2)cs1. The number of allylic oxidation sites excluding steroid dienone is 1. The summed E-state index contributed by atoms with van der Waals surface area (Å²) < 4.78 is 5.53. The van der Waals surface area contributed by atoms with E-state index < -0.39 is 24.1 Å². The molecule has 0 saturated heterocycles. The first-order valence-corrected chi connectivity index (χ1v) is 10.4. The number of esters is 1. The van der Waals surface area contributed by atoms with Crippen LogP contribution in [0.5, 0.6) is 0 Å². The van der Waals surface area contributed by atoms with E-state index in [0.717, 1.165) is 30.0 Å². The Labute approximate surface area is 165 Å². The van der Waals surface area contributed by atoms with E-state index in [1.165, 1.54) is 0 Å². The highest BCUT2D eigenvalue weighted by atomic mass is 32.1. The van der Waals surface area contributed by atoms with Crippen LogP contribution >= 0.6 is 11.3 Å². The number of hydrogen-bond acceptors (Lipinski definition) is 6. The van der Waals surface area contributed by atoms with Gasteiger partial charge in [-0.3, -0.25) is 9.59 Å². The maximum atomic E-state index is 12.4. The molecule has 0 saturated carbocycles. The molecule has 0 spiro atoms. The second kappa shape index (κ2) is 10.5. The molecule has 1 aromatic heterocycles. The van der Waals surface area contributed by atoms with Crippen LogP contribution < -0.4 is 0 Å². The topological polar surface area (TPSA) is 76.5 Å². The van der Waals surface area contributed by atoms with Gasteiger partial charge in [-0.2, -0.15) is 0 Å². The summed E-state index contributed by atoms with van der Waals surface area (Å²) in [4.78, 5) is 29.0. The predicted molar refractivity (Wildman–Crippen MR) is 107 cm³/mol. The molecule has 4 atom stereocenters. The van der Waals surface area contributed by atoms with Crippen molar-refractivity contribution in [2.75, 3.05) is 0 Å². The molecular weight excluding hydrogens is 362 g/mol.